The second kappa shape index (κ2) is 12.6. The van der Waals surface area contributed by atoms with Crippen LogP contribution in [-0.4, -0.2) is 57.7 Å². The van der Waals surface area contributed by atoms with Gasteiger partial charge in [0.1, 0.15) is 17.7 Å². The lowest BCUT2D eigenvalue weighted by Gasteiger charge is -2.45. The third kappa shape index (κ3) is 8.22. The van der Waals surface area contributed by atoms with E-state index in [0.29, 0.717) is 12.0 Å². The molecular weight excluding hydrogens is 458 g/mol. The van der Waals surface area contributed by atoms with E-state index in [4.69, 9.17) is 4.74 Å². The minimum absolute atomic E-state index is 0.0637. The molecule has 2 atom stereocenters. The number of benzene rings is 1. The van der Waals surface area contributed by atoms with E-state index in [-0.39, 0.29) is 11.9 Å². The van der Waals surface area contributed by atoms with Crippen LogP contribution in [0, 0.1) is 6.92 Å². The van der Waals surface area contributed by atoms with Gasteiger partial charge < -0.3 is 25.4 Å². The van der Waals surface area contributed by atoms with Crippen molar-refractivity contribution in [3.63, 3.8) is 0 Å². The van der Waals surface area contributed by atoms with E-state index in [1.54, 1.807) is 20.8 Å². The molecule has 1 aromatic carbocycles. The summed E-state index contributed by atoms with van der Waals surface area (Å²) >= 11 is 0. The first kappa shape index (κ1) is 29.6. The molecule has 0 bridgehead atoms. The van der Waals surface area contributed by atoms with E-state index >= 15 is 0 Å². The number of aliphatic hydroxyl groups excluding tert-OH is 1. The van der Waals surface area contributed by atoms with E-state index in [1.807, 2.05) is 52.0 Å². The molecule has 0 radical (unpaired) electrons. The zero-order chi connectivity index (χ0) is 27.1. The molecule has 3 N–H and O–H groups in total. The minimum Gasteiger partial charge on any atom is -0.444 e. The number of ether oxygens (including phenoxy) is 1. The number of amides is 3. The fourth-order valence-corrected chi connectivity index (χ4v) is 4.53. The molecule has 36 heavy (non-hydrogen) atoms. The van der Waals surface area contributed by atoms with Crippen LogP contribution >= 0.6 is 0 Å². The van der Waals surface area contributed by atoms with Crippen molar-refractivity contribution < 1.29 is 24.2 Å². The summed E-state index contributed by atoms with van der Waals surface area (Å²) in [5.41, 5.74) is 0.139. The number of hydrogen-bond acceptors (Lipinski definition) is 5. The van der Waals surface area contributed by atoms with Gasteiger partial charge in [-0.25, -0.2) is 4.79 Å². The minimum atomic E-state index is -1.26. The topological polar surface area (TPSA) is 108 Å². The third-order valence-electron chi connectivity index (χ3n) is 6.74. The van der Waals surface area contributed by atoms with Crippen molar-refractivity contribution in [3.05, 3.63) is 35.4 Å². The number of carbonyl (C=O) groups excluding carboxylic acids is 3. The first-order valence-electron chi connectivity index (χ1n) is 13.1. The lowest BCUT2D eigenvalue weighted by Crippen LogP contribution is -2.60. The van der Waals surface area contributed by atoms with Crippen molar-refractivity contribution in [2.45, 2.75) is 116 Å². The van der Waals surface area contributed by atoms with Gasteiger partial charge in [-0.1, -0.05) is 56.0 Å². The highest BCUT2D eigenvalue weighted by atomic mass is 16.6. The Balaban J connectivity index is 2.49. The number of aliphatic hydroxyl groups is 1. The van der Waals surface area contributed by atoms with E-state index in [1.165, 1.54) is 4.90 Å². The fourth-order valence-electron chi connectivity index (χ4n) is 4.53. The second-order valence-electron chi connectivity index (χ2n) is 11.4. The molecule has 1 saturated carbocycles. The molecule has 202 valence electrons. The van der Waals surface area contributed by atoms with Gasteiger partial charge in [0, 0.05) is 11.6 Å². The van der Waals surface area contributed by atoms with Gasteiger partial charge in [0.05, 0.1) is 6.61 Å². The van der Waals surface area contributed by atoms with Gasteiger partial charge in [-0.2, -0.15) is 0 Å². The smallest absolute Gasteiger partial charge is 0.408 e. The van der Waals surface area contributed by atoms with Crippen LogP contribution in [0.25, 0.3) is 0 Å². The van der Waals surface area contributed by atoms with Crippen molar-refractivity contribution in [1.29, 1.82) is 0 Å². The maximum atomic E-state index is 14.0. The van der Waals surface area contributed by atoms with Crippen molar-refractivity contribution in [1.82, 2.24) is 15.5 Å². The van der Waals surface area contributed by atoms with Gasteiger partial charge in [0.25, 0.3) is 0 Å². The molecule has 0 heterocycles. The Labute approximate surface area is 216 Å². The SMILES string of the molecule is CCC(C)(C)N(C(=O)C(CO)NC(=O)OC(C)(C)C)C(C(=O)NC1CCCCC1)c1cccc(C)c1. The van der Waals surface area contributed by atoms with Crippen molar-refractivity contribution in [2.75, 3.05) is 6.61 Å². The summed E-state index contributed by atoms with van der Waals surface area (Å²) in [6.45, 7) is 12.2. The molecule has 1 aliphatic rings. The number of nitrogens with zero attached hydrogens (tertiary/aromatic N) is 1. The summed E-state index contributed by atoms with van der Waals surface area (Å²) in [4.78, 5) is 41.9. The van der Waals surface area contributed by atoms with Gasteiger partial charge in [0.2, 0.25) is 11.8 Å². The Morgan fingerprint density at radius 1 is 1.11 bits per heavy atom. The summed E-state index contributed by atoms with van der Waals surface area (Å²) in [6.07, 6.45) is 4.87. The molecule has 0 aromatic heterocycles. The van der Waals surface area contributed by atoms with E-state index in [2.05, 4.69) is 10.6 Å². The third-order valence-corrected chi connectivity index (χ3v) is 6.74. The monoisotopic (exact) mass is 503 g/mol. The normalized spacial score (nSPS) is 16.6. The summed E-state index contributed by atoms with van der Waals surface area (Å²) in [6, 6.07) is 5.44. The number of rotatable bonds is 9. The van der Waals surface area contributed by atoms with Gasteiger partial charge >= 0.3 is 6.09 Å². The second-order valence-corrected chi connectivity index (χ2v) is 11.4. The van der Waals surface area contributed by atoms with Gasteiger partial charge in [-0.05, 0) is 66.4 Å². The maximum absolute atomic E-state index is 14.0. The van der Waals surface area contributed by atoms with Crippen LogP contribution in [0.3, 0.4) is 0 Å². The van der Waals surface area contributed by atoms with Gasteiger partial charge in [0.15, 0.2) is 0 Å². The van der Waals surface area contributed by atoms with E-state index in [0.717, 1.165) is 37.7 Å². The molecule has 8 nitrogen and oxygen atoms in total. The standard InChI is InChI=1S/C28H45N3O5/c1-8-28(6,7)31(25(34)22(18-32)30-26(35)36-27(3,4)5)23(20-14-12-13-19(2)17-20)24(33)29-21-15-10-9-11-16-21/h12-14,17,21-23,32H,8-11,15-16,18H2,1-7H3,(H,29,33)(H,30,35). The Morgan fingerprint density at radius 2 is 1.75 bits per heavy atom. The van der Waals surface area contributed by atoms with Crippen LogP contribution in [-0.2, 0) is 14.3 Å². The molecule has 0 saturated heterocycles. The Bertz CT molecular complexity index is 903. The average molecular weight is 504 g/mol. The molecule has 1 aromatic rings. The van der Waals surface area contributed by atoms with Crippen LogP contribution in [0.2, 0.25) is 0 Å². The maximum Gasteiger partial charge on any atom is 0.408 e. The van der Waals surface area contributed by atoms with E-state index in [9.17, 15) is 19.5 Å². The molecule has 1 aliphatic carbocycles. The van der Waals surface area contributed by atoms with Crippen LogP contribution < -0.4 is 10.6 Å². The molecule has 2 unspecified atom stereocenters. The molecule has 0 aliphatic heterocycles. The largest absolute Gasteiger partial charge is 0.444 e. The number of hydrogen-bond donors (Lipinski definition) is 3. The van der Waals surface area contributed by atoms with Crippen LogP contribution in [0.15, 0.2) is 24.3 Å². The van der Waals surface area contributed by atoms with Crippen molar-refractivity contribution >= 4 is 17.9 Å². The highest BCUT2D eigenvalue weighted by Gasteiger charge is 2.43. The predicted octanol–water partition coefficient (Wildman–Crippen LogP) is 4.39. The van der Waals surface area contributed by atoms with Crippen molar-refractivity contribution in [2.24, 2.45) is 0 Å². The molecule has 0 spiro atoms. The Morgan fingerprint density at radius 3 is 2.28 bits per heavy atom. The van der Waals surface area contributed by atoms with Gasteiger partial charge in [-0.3, -0.25) is 9.59 Å². The van der Waals surface area contributed by atoms with Crippen molar-refractivity contribution in [3.8, 4) is 0 Å². The first-order valence-corrected chi connectivity index (χ1v) is 13.1. The predicted molar refractivity (Wildman–Crippen MR) is 140 cm³/mol. The summed E-state index contributed by atoms with van der Waals surface area (Å²) in [5, 5.41) is 15.8. The van der Waals surface area contributed by atoms with E-state index < -0.39 is 41.8 Å². The number of alkyl carbamates (subject to hydrolysis) is 1. The van der Waals surface area contributed by atoms with Crippen LogP contribution in [0.5, 0.6) is 0 Å². The number of carbonyl (C=O) groups is 3. The highest BCUT2D eigenvalue weighted by Crippen LogP contribution is 2.33. The zero-order valence-electron chi connectivity index (χ0n) is 23.0. The van der Waals surface area contributed by atoms with Gasteiger partial charge in [-0.15, -0.1) is 0 Å². The molecule has 2 rings (SSSR count). The quantitative estimate of drug-likeness (QED) is 0.463. The summed E-state index contributed by atoms with van der Waals surface area (Å²) in [5.74, 6) is -0.795. The lowest BCUT2D eigenvalue weighted by molar-refractivity contribution is -0.150. The summed E-state index contributed by atoms with van der Waals surface area (Å²) < 4.78 is 5.31. The number of nitrogens with one attached hydrogen (secondary N) is 2. The summed E-state index contributed by atoms with van der Waals surface area (Å²) in [7, 11) is 0. The molecule has 1 fully saturated rings. The molecular formula is C28H45N3O5. The number of aryl methyl sites for hydroxylation is 1. The average Bonchev–Trinajstić information content (AvgIpc) is 2.79. The highest BCUT2D eigenvalue weighted by molar-refractivity contribution is 5.93. The first-order chi connectivity index (χ1) is 16.8. The fraction of sp³-hybridized carbons (Fsp3) is 0.679. The van der Waals surface area contributed by atoms with Crippen LogP contribution in [0.4, 0.5) is 4.79 Å². The Kier molecular flexibility index (Phi) is 10.3. The molecule has 8 heteroatoms. The van der Waals surface area contributed by atoms with Crippen LogP contribution in [0.1, 0.15) is 97.2 Å². The zero-order valence-corrected chi connectivity index (χ0v) is 23.0. The lowest BCUT2D eigenvalue weighted by atomic mass is 9.90. The molecule has 3 amide bonds. The Hall–Kier alpha value is -2.61.